The van der Waals surface area contributed by atoms with Crippen LogP contribution < -0.4 is 10.0 Å². The molecule has 1 unspecified atom stereocenters. The van der Waals surface area contributed by atoms with Gasteiger partial charge in [-0.2, -0.15) is 4.72 Å². The fourth-order valence-electron chi connectivity index (χ4n) is 1.36. The molecule has 1 rings (SSSR count). The molecule has 0 aromatic heterocycles. The van der Waals surface area contributed by atoms with E-state index in [1.165, 1.54) is 25.1 Å². The van der Waals surface area contributed by atoms with Crippen LogP contribution >= 0.6 is 23.2 Å². The van der Waals surface area contributed by atoms with Crippen LogP contribution in [0.15, 0.2) is 23.1 Å². The highest BCUT2D eigenvalue weighted by Crippen LogP contribution is 2.24. The maximum absolute atomic E-state index is 12.1. The highest BCUT2D eigenvalue weighted by atomic mass is 35.5. The molecule has 0 bridgehead atoms. The van der Waals surface area contributed by atoms with E-state index in [2.05, 4.69) is 10.0 Å². The van der Waals surface area contributed by atoms with E-state index in [9.17, 15) is 13.2 Å². The molecule has 0 saturated carbocycles. The molecule has 1 amide bonds. The van der Waals surface area contributed by atoms with Gasteiger partial charge >= 0.3 is 0 Å². The summed E-state index contributed by atoms with van der Waals surface area (Å²) >= 11 is 11.6. The maximum atomic E-state index is 12.1. The first kappa shape index (κ1) is 16.2. The predicted molar refractivity (Wildman–Crippen MR) is 74.9 cm³/mol. The average molecular weight is 325 g/mol. The number of benzene rings is 1. The summed E-state index contributed by atoms with van der Waals surface area (Å²) in [6.07, 6.45) is 0. The van der Waals surface area contributed by atoms with E-state index in [-0.39, 0.29) is 14.9 Å². The Hall–Kier alpha value is -0.820. The first-order chi connectivity index (χ1) is 8.77. The van der Waals surface area contributed by atoms with Crippen molar-refractivity contribution in [2.75, 3.05) is 6.54 Å². The van der Waals surface area contributed by atoms with Crippen LogP contribution in [0.3, 0.4) is 0 Å². The largest absolute Gasteiger partial charge is 0.355 e. The summed E-state index contributed by atoms with van der Waals surface area (Å²) in [7, 11) is -3.90. The van der Waals surface area contributed by atoms with Crippen molar-refractivity contribution in [3.05, 3.63) is 28.2 Å². The van der Waals surface area contributed by atoms with Crippen molar-refractivity contribution in [1.82, 2.24) is 10.0 Å². The number of carbonyl (C=O) groups excluding carboxylic acids is 1. The highest BCUT2D eigenvalue weighted by Gasteiger charge is 2.23. The van der Waals surface area contributed by atoms with Crippen LogP contribution in [0.4, 0.5) is 0 Å². The monoisotopic (exact) mass is 324 g/mol. The van der Waals surface area contributed by atoms with E-state index in [1.54, 1.807) is 6.92 Å². The Bertz CT molecular complexity index is 575. The second-order valence-electron chi connectivity index (χ2n) is 3.81. The number of nitrogens with one attached hydrogen (secondary N) is 2. The number of halogens is 2. The summed E-state index contributed by atoms with van der Waals surface area (Å²) in [6, 6.07) is 3.20. The molecule has 0 aliphatic heterocycles. The minimum absolute atomic E-state index is 0.0417. The first-order valence-corrected chi connectivity index (χ1v) is 7.77. The van der Waals surface area contributed by atoms with Crippen molar-refractivity contribution in [3.63, 3.8) is 0 Å². The van der Waals surface area contributed by atoms with Gasteiger partial charge in [-0.25, -0.2) is 8.42 Å². The Balaban J connectivity index is 2.99. The van der Waals surface area contributed by atoms with Gasteiger partial charge < -0.3 is 5.32 Å². The zero-order chi connectivity index (χ0) is 14.6. The van der Waals surface area contributed by atoms with Gasteiger partial charge in [0.1, 0.15) is 4.90 Å². The summed E-state index contributed by atoms with van der Waals surface area (Å²) in [4.78, 5) is 11.4. The van der Waals surface area contributed by atoms with Crippen molar-refractivity contribution >= 4 is 39.1 Å². The number of amides is 1. The third-order valence-corrected chi connectivity index (χ3v) is 4.52. The Morgan fingerprint density at radius 3 is 2.58 bits per heavy atom. The standard InChI is InChI=1S/C11H14Cl2N2O3S/c1-3-14-11(16)7(2)15-19(17,18)10-6-8(12)4-5-9(10)13/h4-7,15H,3H2,1-2H3,(H,14,16). The number of hydrogen-bond acceptors (Lipinski definition) is 3. The van der Waals surface area contributed by atoms with Crippen LogP contribution in [0.1, 0.15) is 13.8 Å². The minimum Gasteiger partial charge on any atom is -0.355 e. The van der Waals surface area contributed by atoms with Crippen molar-refractivity contribution in [3.8, 4) is 0 Å². The number of rotatable bonds is 5. The van der Waals surface area contributed by atoms with Gasteiger partial charge in [0.2, 0.25) is 15.9 Å². The van der Waals surface area contributed by atoms with Crippen LogP contribution in [0.2, 0.25) is 10.0 Å². The van der Waals surface area contributed by atoms with Gasteiger partial charge in [-0.3, -0.25) is 4.79 Å². The maximum Gasteiger partial charge on any atom is 0.242 e. The topological polar surface area (TPSA) is 75.3 Å². The second kappa shape index (κ2) is 6.56. The zero-order valence-electron chi connectivity index (χ0n) is 10.4. The quantitative estimate of drug-likeness (QED) is 0.867. The van der Waals surface area contributed by atoms with Crippen molar-refractivity contribution in [2.45, 2.75) is 24.8 Å². The molecular formula is C11H14Cl2N2O3S. The zero-order valence-corrected chi connectivity index (χ0v) is 12.7. The second-order valence-corrected chi connectivity index (χ2v) is 6.34. The van der Waals surface area contributed by atoms with E-state index >= 15 is 0 Å². The Morgan fingerprint density at radius 2 is 2.00 bits per heavy atom. The van der Waals surface area contributed by atoms with Gasteiger partial charge in [0, 0.05) is 11.6 Å². The molecule has 0 spiro atoms. The number of carbonyl (C=O) groups is 1. The molecule has 8 heteroatoms. The van der Waals surface area contributed by atoms with E-state index in [1.807, 2.05) is 0 Å². The van der Waals surface area contributed by atoms with Gasteiger partial charge in [-0.15, -0.1) is 0 Å². The predicted octanol–water partition coefficient (Wildman–Crippen LogP) is 1.80. The molecule has 1 aromatic rings. The molecule has 1 atom stereocenters. The van der Waals surface area contributed by atoms with Crippen LogP contribution in [0.25, 0.3) is 0 Å². The van der Waals surface area contributed by atoms with Crippen LogP contribution in [-0.2, 0) is 14.8 Å². The normalized spacial score (nSPS) is 13.1. The Kier molecular flexibility index (Phi) is 5.61. The van der Waals surface area contributed by atoms with Crippen molar-refractivity contribution < 1.29 is 13.2 Å². The van der Waals surface area contributed by atoms with Crippen LogP contribution in [0, 0.1) is 0 Å². The fraction of sp³-hybridized carbons (Fsp3) is 0.364. The Labute approximate surface area is 122 Å². The lowest BCUT2D eigenvalue weighted by molar-refractivity contribution is -0.122. The molecule has 0 radical (unpaired) electrons. The molecule has 0 fully saturated rings. The van der Waals surface area contributed by atoms with Gasteiger partial charge in [0.05, 0.1) is 11.1 Å². The molecule has 5 nitrogen and oxygen atoms in total. The van der Waals surface area contributed by atoms with Gasteiger partial charge in [0.25, 0.3) is 0 Å². The SMILES string of the molecule is CCNC(=O)C(C)NS(=O)(=O)c1cc(Cl)ccc1Cl. The summed E-state index contributed by atoms with van der Waals surface area (Å²) < 4.78 is 26.4. The lowest BCUT2D eigenvalue weighted by Gasteiger charge is -2.14. The van der Waals surface area contributed by atoms with Gasteiger partial charge in [-0.1, -0.05) is 23.2 Å². The summed E-state index contributed by atoms with van der Waals surface area (Å²) in [5.74, 6) is -0.413. The minimum atomic E-state index is -3.90. The molecular weight excluding hydrogens is 311 g/mol. The Morgan fingerprint density at radius 1 is 1.37 bits per heavy atom. The third kappa shape index (κ3) is 4.35. The van der Waals surface area contributed by atoms with Crippen molar-refractivity contribution in [1.29, 1.82) is 0 Å². The summed E-state index contributed by atoms with van der Waals surface area (Å²) in [5.41, 5.74) is 0. The molecule has 0 heterocycles. The number of sulfonamides is 1. The lowest BCUT2D eigenvalue weighted by atomic mass is 10.3. The summed E-state index contributed by atoms with van der Waals surface area (Å²) in [5, 5.41) is 2.81. The van der Waals surface area contributed by atoms with E-state index in [0.717, 1.165) is 0 Å². The van der Waals surface area contributed by atoms with E-state index in [4.69, 9.17) is 23.2 Å². The summed E-state index contributed by atoms with van der Waals surface area (Å²) in [6.45, 7) is 3.61. The molecule has 0 saturated heterocycles. The average Bonchev–Trinajstić information content (AvgIpc) is 2.31. The number of hydrogen-bond donors (Lipinski definition) is 2. The molecule has 0 aliphatic carbocycles. The fourth-order valence-corrected chi connectivity index (χ4v) is 3.33. The van der Waals surface area contributed by atoms with Gasteiger partial charge in [-0.05, 0) is 32.0 Å². The highest BCUT2D eigenvalue weighted by molar-refractivity contribution is 7.89. The third-order valence-electron chi connectivity index (χ3n) is 2.26. The van der Waals surface area contributed by atoms with E-state index < -0.39 is 22.0 Å². The number of likely N-dealkylation sites (N-methyl/N-ethyl adjacent to an activating group) is 1. The molecule has 19 heavy (non-hydrogen) atoms. The van der Waals surface area contributed by atoms with Crippen LogP contribution in [0.5, 0.6) is 0 Å². The van der Waals surface area contributed by atoms with Gasteiger partial charge in [0.15, 0.2) is 0 Å². The smallest absolute Gasteiger partial charge is 0.242 e. The molecule has 1 aromatic carbocycles. The van der Waals surface area contributed by atoms with E-state index in [0.29, 0.717) is 6.54 Å². The van der Waals surface area contributed by atoms with Crippen molar-refractivity contribution in [2.24, 2.45) is 0 Å². The molecule has 106 valence electrons. The molecule has 2 N–H and O–H groups in total. The molecule has 0 aliphatic rings. The first-order valence-electron chi connectivity index (χ1n) is 5.53. The lowest BCUT2D eigenvalue weighted by Crippen LogP contribution is -2.44. The van der Waals surface area contributed by atoms with Crippen LogP contribution in [-0.4, -0.2) is 26.9 Å².